The summed E-state index contributed by atoms with van der Waals surface area (Å²) in [4.78, 5) is 17.0. The molecule has 3 aromatic carbocycles. The van der Waals surface area contributed by atoms with Crippen molar-refractivity contribution in [1.82, 2.24) is 14.9 Å². The summed E-state index contributed by atoms with van der Waals surface area (Å²) < 4.78 is 13.7. The van der Waals surface area contributed by atoms with Crippen LogP contribution in [0.5, 0.6) is 11.5 Å². The fourth-order valence-electron chi connectivity index (χ4n) is 4.04. The summed E-state index contributed by atoms with van der Waals surface area (Å²) in [5.41, 5.74) is 4.44. The van der Waals surface area contributed by atoms with Gasteiger partial charge < -0.3 is 19.4 Å². The van der Waals surface area contributed by atoms with Crippen LogP contribution in [0.15, 0.2) is 66.7 Å². The number of hydrogen-bond donors (Lipinski definition) is 1. The summed E-state index contributed by atoms with van der Waals surface area (Å²) in [6, 6.07) is 21.3. The summed E-state index contributed by atoms with van der Waals surface area (Å²) in [5.74, 6) is 2.33. The fraction of sp³-hybridized carbons (Fsp3) is 0.286. The van der Waals surface area contributed by atoms with E-state index in [1.54, 1.807) is 24.3 Å². The summed E-state index contributed by atoms with van der Waals surface area (Å²) >= 11 is 5.87. The maximum absolute atomic E-state index is 12.1. The molecule has 0 bridgehead atoms. The molecule has 0 spiro atoms. The number of amides is 1. The second-order valence-corrected chi connectivity index (χ2v) is 8.97. The third-order valence-corrected chi connectivity index (χ3v) is 5.85. The van der Waals surface area contributed by atoms with Crippen LogP contribution in [0.4, 0.5) is 0 Å². The number of hydrogen-bond acceptors (Lipinski definition) is 4. The highest BCUT2D eigenvalue weighted by Gasteiger charge is 2.11. The molecule has 1 N–H and O–H groups in total. The van der Waals surface area contributed by atoms with Crippen LogP contribution in [0.1, 0.15) is 23.4 Å². The van der Waals surface area contributed by atoms with E-state index in [1.807, 2.05) is 18.2 Å². The van der Waals surface area contributed by atoms with Gasteiger partial charge in [0, 0.05) is 18.0 Å². The van der Waals surface area contributed by atoms with E-state index in [0.29, 0.717) is 30.5 Å². The normalized spacial score (nSPS) is 10.9. The number of fused-ring (bicyclic) bond motifs is 1. The number of carbonyl (C=O) groups is 1. The van der Waals surface area contributed by atoms with Gasteiger partial charge in [0.25, 0.3) is 5.91 Å². The van der Waals surface area contributed by atoms with E-state index in [4.69, 9.17) is 26.1 Å². The third-order valence-electron chi connectivity index (χ3n) is 5.60. The predicted octanol–water partition coefficient (Wildman–Crippen LogP) is 5.51. The standard InChI is InChI=1S/C28H30ClN3O3/c1-20-16-21(2)18-24(17-20)34-15-14-32-26-7-4-3-6-25(26)31-27(32)8-5-13-30-28(33)19-35-23-11-9-22(29)10-12-23/h3-4,6-7,9-12,16-18H,5,8,13-15,19H2,1-2H3,(H,30,33). The van der Waals surface area contributed by atoms with E-state index < -0.39 is 0 Å². The summed E-state index contributed by atoms with van der Waals surface area (Å²) in [6.45, 7) is 5.91. The number of rotatable bonds is 11. The highest BCUT2D eigenvalue weighted by Crippen LogP contribution is 2.19. The quantitative estimate of drug-likeness (QED) is 0.281. The molecule has 6 nitrogen and oxygen atoms in total. The Bertz CT molecular complexity index is 1260. The number of para-hydroxylation sites is 2. The van der Waals surface area contributed by atoms with Gasteiger partial charge in [-0.05, 0) is 79.9 Å². The van der Waals surface area contributed by atoms with E-state index in [-0.39, 0.29) is 12.5 Å². The lowest BCUT2D eigenvalue weighted by Crippen LogP contribution is -2.30. The first-order chi connectivity index (χ1) is 17.0. The van der Waals surface area contributed by atoms with E-state index >= 15 is 0 Å². The number of imidazole rings is 1. The van der Waals surface area contributed by atoms with Crippen molar-refractivity contribution in [3.8, 4) is 11.5 Å². The van der Waals surface area contributed by atoms with Gasteiger partial charge in [-0.1, -0.05) is 29.8 Å². The van der Waals surface area contributed by atoms with Crippen LogP contribution < -0.4 is 14.8 Å². The van der Waals surface area contributed by atoms with Crippen molar-refractivity contribution in [2.45, 2.75) is 33.2 Å². The zero-order valence-electron chi connectivity index (χ0n) is 20.1. The smallest absolute Gasteiger partial charge is 0.257 e. The van der Waals surface area contributed by atoms with Crippen LogP contribution in [-0.4, -0.2) is 35.2 Å². The zero-order chi connectivity index (χ0) is 24.6. The van der Waals surface area contributed by atoms with Crippen molar-refractivity contribution >= 4 is 28.5 Å². The molecule has 182 valence electrons. The van der Waals surface area contributed by atoms with E-state index in [0.717, 1.165) is 35.4 Å². The van der Waals surface area contributed by atoms with Gasteiger partial charge in [0.05, 0.1) is 17.6 Å². The number of carbonyl (C=O) groups excluding carboxylic acids is 1. The number of ether oxygens (including phenoxy) is 2. The minimum absolute atomic E-state index is 0.0318. The molecule has 1 aromatic heterocycles. The van der Waals surface area contributed by atoms with Gasteiger partial charge in [0.1, 0.15) is 23.9 Å². The summed E-state index contributed by atoms with van der Waals surface area (Å²) in [6.07, 6.45) is 1.52. The minimum Gasteiger partial charge on any atom is -0.492 e. The van der Waals surface area contributed by atoms with Crippen molar-refractivity contribution in [3.05, 3.63) is 88.7 Å². The lowest BCUT2D eigenvalue weighted by molar-refractivity contribution is -0.123. The molecule has 0 saturated carbocycles. The van der Waals surface area contributed by atoms with Crippen LogP contribution in [0.2, 0.25) is 5.02 Å². The second kappa shape index (κ2) is 11.8. The van der Waals surface area contributed by atoms with E-state index in [2.05, 4.69) is 48.0 Å². The highest BCUT2D eigenvalue weighted by molar-refractivity contribution is 6.30. The van der Waals surface area contributed by atoms with E-state index in [1.165, 1.54) is 11.1 Å². The highest BCUT2D eigenvalue weighted by atomic mass is 35.5. The molecule has 0 fully saturated rings. The lowest BCUT2D eigenvalue weighted by atomic mass is 10.1. The summed E-state index contributed by atoms with van der Waals surface area (Å²) in [5, 5.41) is 3.54. The average molecular weight is 492 g/mol. The third kappa shape index (κ3) is 6.99. The number of aryl methyl sites for hydroxylation is 3. The Kier molecular flexibility index (Phi) is 8.27. The molecule has 0 aliphatic rings. The molecule has 0 radical (unpaired) electrons. The number of halogens is 1. The minimum atomic E-state index is -0.157. The number of nitrogens with zero attached hydrogens (tertiary/aromatic N) is 2. The molecule has 1 amide bonds. The molecule has 0 aliphatic carbocycles. The molecule has 7 heteroatoms. The van der Waals surface area contributed by atoms with Gasteiger partial charge in [-0.2, -0.15) is 0 Å². The maximum atomic E-state index is 12.1. The second-order valence-electron chi connectivity index (χ2n) is 8.54. The molecule has 0 aliphatic heterocycles. The molecule has 35 heavy (non-hydrogen) atoms. The zero-order valence-corrected chi connectivity index (χ0v) is 20.8. The van der Waals surface area contributed by atoms with Gasteiger partial charge in [-0.3, -0.25) is 4.79 Å². The largest absolute Gasteiger partial charge is 0.492 e. The van der Waals surface area contributed by atoms with Crippen molar-refractivity contribution in [1.29, 1.82) is 0 Å². The number of aromatic nitrogens is 2. The molecular weight excluding hydrogens is 462 g/mol. The summed E-state index contributed by atoms with van der Waals surface area (Å²) in [7, 11) is 0. The molecule has 1 heterocycles. The molecule has 0 saturated heterocycles. The monoisotopic (exact) mass is 491 g/mol. The van der Waals surface area contributed by atoms with Gasteiger partial charge >= 0.3 is 0 Å². The van der Waals surface area contributed by atoms with Crippen molar-refractivity contribution in [2.24, 2.45) is 0 Å². The number of nitrogens with one attached hydrogen (secondary N) is 1. The van der Waals surface area contributed by atoms with Crippen LogP contribution in [0.3, 0.4) is 0 Å². The van der Waals surface area contributed by atoms with Crippen LogP contribution in [0, 0.1) is 13.8 Å². The van der Waals surface area contributed by atoms with Crippen LogP contribution >= 0.6 is 11.6 Å². The predicted molar refractivity (Wildman–Crippen MR) is 139 cm³/mol. The Morgan fingerprint density at radius 2 is 1.71 bits per heavy atom. The van der Waals surface area contributed by atoms with Gasteiger partial charge in [-0.15, -0.1) is 0 Å². The Morgan fingerprint density at radius 3 is 2.49 bits per heavy atom. The van der Waals surface area contributed by atoms with E-state index in [9.17, 15) is 4.79 Å². The topological polar surface area (TPSA) is 65.4 Å². The van der Waals surface area contributed by atoms with Crippen molar-refractivity contribution in [3.63, 3.8) is 0 Å². The average Bonchev–Trinajstić information content (AvgIpc) is 3.18. The fourth-order valence-corrected chi connectivity index (χ4v) is 4.17. The van der Waals surface area contributed by atoms with Gasteiger partial charge in [-0.25, -0.2) is 4.98 Å². The number of benzene rings is 3. The Morgan fingerprint density at radius 1 is 0.971 bits per heavy atom. The first kappa shape index (κ1) is 24.6. The Hall–Kier alpha value is -3.51. The SMILES string of the molecule is Cc1cc(C)cc(OCCn2c(CCCNC(=O)COc3ccc(Cl)cc3)nc3ccccc32)c1. The first-order valence-electron chi connectivity index (χ1n) is 11.8. The van der Waals surface area contributed by atoms with Crippen LogP contribution in [0.25, 0.3) is 11.0 Å². The molecule has 4 rings (SSSR count). The molecule has 4 aromatic rings. The van der Waals surface area contributed by atoms with Crippen LogP contribution in [-0.2, 0) is 17.8 Å². The molecule has 0 atom stereocenters. The first-order valence-corrected chi connectivity index (χ1v) is 12.2. The van der Waals surface area contributed by atoms with Crippen molar-refractivity contribution < 1.29 is 14.3 Å². The van der Waals surface area contributed by atoms with Crippen molar-refractivity contribution in [2.75, 3.05) is 19.8 Å². The van der Waals surface area contributed by atoms with Gasteiger partial charge in [0.15, 0.2) is 6.61 Å². The lowest BCUT2D eigenvalue weighted by Gasteiger charge is -2.12. The van der Waals surface area contributed by atoms with Gasteiger partial charge in [0.2, 0.25) is 0 Å². The Labute approximate surface area is 210 Å². The molecular formula is C28H30ClN3O3. The maximum Gasteiger partial charge on any atom is 0.257 e. The molecule has 0 unspecified atom stereocenters. The Balaban J connectivity index is 1.29.